The molecular weight excluding hydrogens is 234 g/mol. The molecule has 1 aromatic rings. The van der Waals surface area contributed by atoms with Crippen LogP contribution in [0.4, 0.5) is 5.69 Å². The monoisotopic (exact) mass is 245 g/mol. The van der Waals surface area contributed by atoms with Gasteiger partial charge in [0.1, 0.15) is 0 Å². The molecule has 5 heteroatoms. The quantitative estimate of drug-likeness (QED) is 0.345. The van der Waals surface area contributed by atoms with Gasteiger partial charge in [-0.1, -0.05) is 0 Å². The zero-order chi connectivity index (χ0) is 11.3. The molecule has 0 saturated heterocycles. The summed E-state index contributed by atoms with van der Waals surface area (Å²) in [6, 6.07) is 4.97. The molecule has 0 aliphatic carbocycles. The van der Waals surface area contributed by atoms with Gasteiger partial charge in [0.25, 0.3) is 5.69 Å². The Labute approximate surface area is 98.0 Å². The second-order valence-corrected chi connectivity index (χ2v) is 4.27. The number of thioether (sulfide) groups is 1. The van der Waals surface area contributed by atoms with Gasteiger partial charge in [-0.15, -0.1) is 23.4 Å². The van der Waals surface area contributed by atoms with Crippen molar-refractivity contribution in [3.8, 4) is 0 Å². The molecule has 0 heterocycles. The largest absolute Gasteiger partial charge is 0.269 e. The number of non-ortho nitro benzene ring substituents is 1. The molecule has 0 N–H and O–H groups in total. The van der Waals surface area contributed by atoms with E-state index < -0.39 is 0 Å². The van der Waals surface area contributed by atoms with Gasteiger partial charge in [0.15, 0.2) is 0 Å². The number of halogens is 1. The fraction of sp³-hybridized carbons (Fsp3) is 0.400. The number of benzene rings is 1. The Kier molecular flexibility index (Phi) is 4.91. The highest BCUT2D eigenvalue weighted by Gasteiger charge is 2.09. The average Bonchev–Trinajstić information content (AvgIpc) is 2.25. The van der Waals surface area contributed by atoms with E-state index in [9.17, 15) is 10.1 Å². The van der Waals surface area contributed by atoms with E-state index in [-0.39, 0.29) is 10.6 Å². The van der Waals surface area contributed by atoms with Crippen LogP contribution in [-0.2, 0) is 6.42 Å². The van der Waals surface area contributed by atoms with Gasteiger partial charge in [-0.2, -0.15) is 0 Å². The van der Waals surface area contributed by atoms with Crippen LogP contribution < -0.4 is 0 Å². The maximum atomic E-state index is 10.6. The number of nitro groups is 1. The maximum absolute atomic E-state index is 10.6. The van der Waals surface area contributed by atoms with E-state index in [0.29, 0.717) is 5.88 Å². The first-order valence-electron chi connectivity index (χ1n) is 4.56. The highest BCUT2D eigenvalue weighted by molar-refractivity contribution is 7.98. The van der Waals surface area contributed by atoms with Crippen molar-refractivity contribution in [2.45, 2.75) is 17.7 Å². The van der Waals surface area contributed by atoms with Crippen molar-refractivity contribution in [3.05, 3.63) is 33.9 Å². The zero-order valence-electron chi connectivity index (χ0n) is 8.40. The molecule has 0 amide bonds. The van der Waals surface area contributed by atoms with Crippen molar-refractivity contribution in [2.24, 2.45) is 0 Å². The SMILES string of the molecule is CSc1ccc([N+](=O)[O-])cc1CCCCl. The predicted molar refractivity (Wildman–Crippen MR) is 63.9 cm³/mol. The molecule has 15 heavy (non-hydrogen) atoms. The second kappa shape index (κ2) is 5.98. The Hall–Kier alpha value is -0.740. The molecule has 1 aromatic carbocycles. The Morgan fingerprint density at radius 2 is 2.27 bits per heavy atom. The minimum absolute atomic E-state index is 0.150. The molecule has 0 aromatic heterocycles. The summed E-state index contributed by atoms with van der Waals surface area (Å²) >= 11 is 7.21. The summed E-state index contributed by atoms with van der Waals surface area (Å²) in [6.07, 6.45) is 3.60. The Bertz CT molecular complexity index is 357. The number of hydrogen-bond donors (Lipinski definition) is 0. The predicted octanol–water partition coefficient (Wildman–Crippen LogP) is 3.49. The third-order valence-electron chi connectivity index (χ3n) is 2.05. The minimum atomic E-state index is -0.367. The van der Waals surface area contributed by atoms with Crippen LogP contribution in [0.2, 0.25) is 0 Å². The van der Waals surface area contributed by atoms with Gasteiger partial charge in [-0.25, -0.2) is 0 Å². The summed E-state index contributed by atoms with van der Waals surface area (Å²) in [5.74, 6) is 0.580. The lowest BCUT2D eigenvalue weighted by Gasteiger charge is -2.05. The van der Waals surface area contributed by atoms with Crippen LogP contribution in [0.5, 0.6) is 0 Å². The van der Waals surface area contributed by atoms with E-state index in [1.54, 1.807) is 23.9 Å². The van der Waals surface area contributed by atoms with Gasteiger partial charge in [0, 0.05) is 22.9 Å². The number of nitrogens with zero attached hydrogens (tertiary/aromatic N) is 1. The number of aryl methyl sites for hydroxylation is 1. The van der Waals surface area contributed by atoms with Gasteiger partial charge in [-0.05, 0) is 30.7 Å². The van der Waals surface area contributed by atoms with Crippen LogP contribution in [0.3, 0.4) is 0 Å². The smallest absolute Gasteiger partial charge is 0.258 e. The van der Waals surface area contributed by atoms with Crippen molar-refractivity contribution in [1.29, 1.82) is 0 Å². The van der Waals surface area contributed by atoms with E-state index in [4.69, 9.17) is 11.6 Å². The lowest BCUT2D eigenvalue weighted by Crippen LogP contribution is -1.94. The van der Waals surface area contributed by atoms with E-state index in [0.717, 1.165) is 23.3 Å². The first-order chi connectivity index (χ1) is 7.19. The number of rotatable bonds is 5. The van der Waals surface area contributed by atoms with Crippen LogP contribution in [0.15, 0.2) is 23.1 Å². The fourth-order valence-corrected chi connectivity index (χ4v) is 2.09. The first-order valence-corrected chi connectivity index (χ1v) is 6.32. The average molecular weight is 246 g/mol. The molecule has 0 unspecified atom stereocenters. The lowest BCUT2D eigenvalue weighted by atomic mass is 10.1. The Morgan fingerprint density at radius 3 is 2.80 bits per heavy atom. The summed E-state index contributed by atoms with van der Waals surface area (Å²) in [5.41, 5.74) is 1.16. The highest BCUT2D eigenvalue weighted by atomic mass is 35.5. The van der Waals surface area contributed by atoms with Crippen molar-refractivity contribution >= 4 is 29.1 Å². The van der Waals surface area contributed by atoms with Gasteiger partial charge in [0.2, 0.25) is 0 Å². The van der Waals surface area contributed by atoms with Crippen molar-refractivity contribution in [3.63, 3.8) is 0 Å². The molecule has 3 nitrogen and oxygen atoms in total. The summed E-state index contributed by atoms with van der Waals surface area (Å²) < 4.78 is 0. The van der Waals surface area contributed by atoms with Crippen LogP contribution >= 0.6 is 23.4 Å². The van der Waals surface area contributed by atoms with Crippen molar-refractivity contribution in [1.82, 2.24) is 0 Å². The normalized spacial score (nSPS) is 10.3. The summed E-state index contributed by atoms with van der Waals surface area (Å²) in [7, 11) is 0. The Morgan fingerprint density at radius 1 is 1.53 bits per heavy atom. The van der Waals surface area contributed by atoms with Crippen LogP contribution in [0, 0.1) is 10.1 Å². The Balaban J connectivity index is 2.96. The molecule has 0 radical (unpaired) electrons. The first kappa shape index (κ1) is 12.3. The van der Waals surface area contributed by atoms with E-state index in [1.807, 2.05) is 6.26 Å². The van der Waals surface area contributed by atoms with Gasteiger partial charge in [0.05, 0.1) is 4.92 Å². The molecule has 0 atom stereocenters. The highest BCUT2D eigenvalue weighted by Crippen LogP contribution is 2.26. The molecule has 0 spiro atoms. The van der Waals surface area contributed by atoms with E-state index in [2.05, 4.69) is 0 Å². The molecule has 0 fully saturated rings. The van der Waals surface area contributed by atoms with Gasteiger partial charge >= 0.3 is 0 Å². The number of hydrogen-bond acceptors (Lipinski definition) is 3. The third kappa shape index (κ3) is 3.39. The third-order valence-corrected chi connectivity index (χ3v) is 3.16. The molecule has 0 saturated carbocycles. The van der Waals surface area contributed by atoms with E-state index >= 15 is 0 Å². The topological polar surface area (TPSA) is 43.1 Å². The summed E-state index contributed by atoms with van der Waals surface area (Å²) in [5, 5.41) is 10.6. The minimum Gasteiger partial charge on any atom is -0.258 e. The van der Waals surface area contributed by atoms with Crippen LogP contribution in [-0.4, -0.2) is 17.1 Å². The summed E-state index contributed by atoms with van der Waals surface area (Å²) in [6.45, 7) is 0. The zero-order valence-corrected chi connectivity index (χ0v) is 9.98. The van der Waals surface area contributed by atoms with Crippen molar-refractivity contribution < 1.29 is 4.92 Å². The number of alkyl halides is 1. The molecule has 82 valence electrons. The summed E-state index contributed by atoms with van der Waals surface area (Å²) in [4.78, 5) is 11.3. The number of nitro benzene ring substituents is 1. The van der Waals surface area contributed by atoms with Crippen molar-refractivity contribution in [2.75, 3.05) is 12.1 Å². The maximum Gasteiger partial charge on any atom is 0.269 e. The standard InChI is InChI=1S/C10H12ClNO2S/c1-15-10-5-4-9(12(13)14)7-8(10)3-2-6-11/h4-5,7H,2-3,6H2,1H3. The fourth-order valence-electron chi connectivity index (χ4n) is 1.33. The molecule has 0 aliphatic rings. The molecular formula is C10H12ClNO2S. The van der Waals surface area contributed by atoms with E-state index in [1.165, 1.54) is 6.07 Å². The van der Waals surface area contributed by atoms with Crippen LogP contribution in [0.25, 0.3) is 0 Å². The lowest BCUT2D eigenvalue weighted by molar-refractivity contribution is -0.385. The van der Waals surface area contributed by atoms with Crippen LogP contribution in [0.1, 0.15) is 12.0 Å². The molecule has 0 aliphatic heterocycles. The van der Waals surface area contributed by atoms with Gasteiger partial charge in [-0.3, -0.25) is 10.1 Å². The molecule has 1 rings (SSSR count). The van der Waals surface area contributed by atoms with Gasteiger partial charge < -0.3 is 0 Å². The second-order valence-electron chi connectivity index (χ2n) is 3.05. The molecule has 0 bridgehead atoms.